The van der Waals surface area contributed by atoms with Gasteiger partial charge in [-0.1, -0.05) is 97.0 Å². The molecular formula is C76H108O32. The van der Waals surface area contributed by atoms with E-state index < -0.39 is 259 Å². The zero-order chi connectivity index (χ0) is 78.2. The number of benzene rings is 2. The highest BCUT2D eigenvalue weighted by Gasteiger charge is 2.86. The molecule has 6 heterocycles. The maximum atomic E-state index is 14.4. The van der Waals surface area contributed by atoms with Crippen molar-refractivity contribution in [2.24, 2.45) is 50.2 Å². The van der Waals surface area contributed by atoms with E-state index in [0.29, 0.717) is 37.7 Å². The SMILES string of the molecule is C[C@@H]1O[C@@H](O[C@H]2[C@H](O[C@H]3[C@H](O[C@H]4[C@H](O)[C@@H](C(=O)O)O[C@@H](O[C@H]5CC[C@]6(C)C7CC[C@@]89O[C@@H](O)[C@]%10([C@H](O)C[C@@]8(C)[C@]7(C)CC[C@@H]6C5(C)C)[C@@H](OC(=O)C=Cc5ccccc5)[C@H](OC(=O)c5ccccc5)C(C)(C)C[C@@H]%109)[C@@H]4O[C@@H]4O[C@H](CO)[C@H](O)[C@H](O)[C@H]4O)O[C@H](CO)[C@H](O)[C@@H]3O)O[C@@H](C)[C@H](O)[C@H]2O)[C@H](O)[C@H](O)[C@H]1O. The van der Waals surface area contributed by atoms with Crippen LogP contribution in [0.25, 0.3) is 6.08 Å². The summed E-state index contributed by atoms with van der Waals surface area (Å²) in [6.45, 7) is 15.1. The predicted molar refractivity (Wildman–Crippen MR) is 365 cm³/mol. The molecule has 0 amide bonds. The first-order valence-corrected chi connectivity index (χ1v) is 37.6. The average molecular weight is 1530 g/mol. The molecule has 32 nitrogen and oxygen atoms in total. The molecule has 11 aliphatic rings. The van der Waals surface area contributed by atoms with Gasteiger partial charge in [-0.2, -0.15) is 0 Å². The first-order valence-electron chi connectivity index (χ1n) is 37.6. The highest BCUT2D eigenvalue weighted by Crippen LogP contribution is 2.82. The highest BCUT2D eigenvalue weighted by molar-refractivity contribution is 5.90. The van der Waals surface area contributed by atoms with Crippen molar-refractivity contribution in [3.05, 3.63) is 77.9 Å². The van der Waals surface area contributed by atoms with E-state index in [-0.39, 0.29) is 36.7 Å². The van der Waals surface area contributed by atoms with Crippen LogP contribution in [-0.4, -0.2) is 303 Å². The molecule has 38 atom stereocenters. The van der Waals surface area contributed by atoms with Crippen molar-refractivity contribution in [2.45, 2.75) is 304 Å². The van der Waals surface area contributed by atoms with Gasteiger partial charge in [0.25, 0.3) is 0 Å². The summed E-state index contributed by atoms with van der Waals surface area (Å²) in [7, 11) is 0. The average Bonchev–Trinajstić information content (AvgIpc) is 1.39. The number of rotatable bonds is 18. The van der Waals surface area contributed by atoms with Crippen molar-refractivity contribution < 1.29 is 158 Å². The van der Waals surface area contributed by atoms with Crippen LogP contribution >= 0.6 is 0 Å². The van der Waals surface area contributed by atoms with Crippen LogP contribution in [0, 0.1) is 50.2 Å². The van der Waals surface area contributed by atoms with E-state index in [1.54, 1.807) is 36.4 Å². The molecule has 11 fully saturated rings. The summed E-state index contributed by atoms with van der Waals surface area (Å²) < 4.78 is 82.4. The highest BCUT2D eigenvalue weighted by atomic mass is 16.8. The van der Waals surface area contributed by atoms with Crippen molar-refractivity contribution in [3.8, 4) is 0 Å². The lowest BCUT2D eigenvalue weighted by Gasteiger charge is -2.75. The second kappa shape index (κ2) is 30.4. The predicted octanol–water partition coefficient (Wildman–Crippen LogP) is -0.990. The number of aliphatic carboxylic acids is 1. The molecule has 2 aromatic carbocycles. The standard InChI is InChI=1S/C76H108O32/c1-32-44(81)48(85)52(89)64(96-32)104-57-50(87)45(82)33(2)97-66(57)105-58-51(88)47(84)37(31-78)99-67(58)102-55-54(91)56(62(92)93)103-68(59(55)106-65-53(90)49(86)46(83)36(30-77)98-65)100-42-24-25-72(7)38(71(42,5)6)22-26-73(8)39(72)23-27-75-40-28-70(3,4)60(107-63(94)35-18-14-11-15-19-35)61(101-43(80)21-20-34-16-12-10-13-17-34)76(40,69(95)108-75)41(79)29-74(73,75)9/h10-21,32-33,36-42,44-61,64-69,77-79,81-91,95H,22-31H2,1-9H3,(H,92,93)/t32-,33-,36+,37+,38+,39?,40+,41+,42-,44-,45-,46-,47-,48+,49-,50+,51-,52+,53+,54-,55-,56-,57+,58+,59+,60-,61-,64-,65-,66-,67-,68+,69+,72-,73+,74-,75-,76+/m0/s1. The van der Waals surface area contributed by atoms with Gasteiger partial charge in [0.1, 0.15) is 110 Å². The van der Waals surface area contributed by atoms with E-state index in [0.717, 1.165) is 0 Å². The van der Waals surface area contributed by atoms with E-state index in [1.165, 1.54) is 19.9 Å². The molecule has 5 saturated carbocycles. The maximum Gasteiger partial charge on any atom is 0.338 e. The van der Waals surface area contributed by atoms with Gasteiger partial charge in [0.15, 0.2) is 49.9 Å². The van der Waals surface area contributed by atoms with Crippen LogP contribution in [0.15, 0.2) is 66.7 Å². The van der Waals surface area contributed by atoms with Gasteiger partial charge in [0, 0.05) is 22.8 Å². The smallest absolute Gasteiger partial charge is 0.338 e. The van der Waals surface area contributed by atoms with Gasteiger partial charge >= 0.3 is 17.9 Å². The van der Waals surface area contributed by atoms with Crippen LogP contribution in [0.2, 0.25) is 0 Å². The molecule has 6 saturated heterocycles. The number of carboxylic acid groups (broad SMARTS) is 1. The third-order valence-corrected chi connectivity index (χ3v) is 27.5. The molecule has 604 valence electrons. The Morgan fingerprint density at radius 3 is 1.65 bits per heavy atom. The summed E-state index contributed by atoms with van der Waals surface area (Å²) in [5.74, 6) is -4.27. The van der Waals surface area contributed by atoms with Gasteiger partial charge in [-0.15, -0.1) is 0 Å². The molecule has 16 N–H and O–H groups in total. The molecule has 2 aromatic rings. The minimum absolute atomic E-state index is 0.0823. The van der Waals surface area contributed by atoms with E-state index in [4.69, 9.17) is 61.6 Å². The number of hydrogen-bond acceptors (Lipinski definition) is 31. The van der Waals surface area contributed by atoms with Crippen LogP contribution in [0.4, 0.5) is 0 Å². The summed E-state index contributed by atoms with van der Waals surface area (Å²) in [6, 6.07) is 17.5. The Kier molecular flexibility index (Phi) is 22.9. The molecule has 32 heteroatoms. The Balaban J connectivity index is 0.808. The number of carbonyl (C=O) groups is 3. The summed E-state index contributed by atoms with van der Waals surface area (Å²) in [5, 5.41) is 183. The molecule has 1 spiro atoms. The Morgan fingerprint density at radius 2 is 1.02 bits per heavy atom. The number of carboxylic acids is 1. The van der Waals surface area contributed by atoms with Crippen LogP contribution in [0.3, 0.4) is 0 Å². The molecule has 6 aliphatic heterocycles. The summed E-state index contributed by atoms with van der Waals surface area (Å²) in [5.41, 5.74) is -5.88. The maximum absolute atomic E-state index is 14.4. The fourth-order valence-electron chi connectivity index (χ4n) is 21.6. The minimum Gasteiger partial charge on any atom is -0.479 e. The lowest BCUT2D eigenvalue weighted by Crippen LogP contribution is -2.77. The van der Waals surface area contributed by atoms with E-state index in [9.17, 15) is 96.1 Å². The Hall–Kier alpha value is -4.45. The van der Waals surface area contributed by atoms with Gasteiger partial charge in [-0.25, -0.2) is 14.4 Å². The van der Waals surface area contributed by atoms with Gasteiger partial charge in [-0.3, -0.25) is 0 Å². The lowest BCUT2D eigenvalue weighted by molar-refractivity contribution is -0.412. The molecule has 2 bridgehead atoms. The fraction of sp³-hybridized carbons (Fsp3) is 0.776. The zero-order valence-corrected chi connectivity index (χ0v) is 61.7. The number of hydrogen-bond donors (Lipinski definition) is 16. The summed E-state index contributed by atoms with van der Waals surface area (Å²) in [6.07, 6.45) is -49.2. The van der Waals surface area contributed by atoms with Gasteiger partial charge in [-0.05, 0) is 117 Å². The molecule has 1 unspecified atom stereocenters. The monoisotopic (exact) mass is 1530 g/mol. The van der Waals surface area contributed by atoms with Crippen molar-refractivity contribution in [2.75, 3.05) is 13.2 Å². The van der Waals surface area contributed by atoms with Crippen molar-refractivity contribution in [3.63, 3.8) is 0 Å². The van der Waals surface area contributed by atoms with Gasteiger partial charge in [0.2, 0.25) is 0 Å². The molecule has 108 heavy (non-hydrogen) atoms. The van der Waals surface area contributed by atoms with E-state index in [2.05, 4.69) is 20.8 Å². The largest absolute Gasteiger partial charge is 0.479 e. The quantitative estimate of drug-likeness (QED) is 0.0484. The molecular weight excluding hydrogens is 1420 g/mol. The Bertz CT molecular complexity index is 3520. The van der Waals surface area contributed by atoms with Crippen LogP contribution in [0.5, 0.6) is 0 Å². The first-order chi connectivity index (χ1) is 50.9. The fourth-order valence-corrected chi connectivity index (χ4v) is 21.6. The zero-order valence-electron chi connectivity index (χ0n) is 61.7. The normalized spacial score (nSPS) is 50.3. The minimum atomic E-state index is -2.38. The van der Waals surface area contributed by atoms with Crippen LogP contribution in [-0.2, 0) is 71.2 Å². The number of aliphatic hydroxyl groups excluding tert-OH is 15. The van der Waals surface area contributed by atoms with E-state index in [1.807, 2.05) is 58.0 Å². The second-order valence-electron chi connectivity index (χ2n) is 34.0. The first kappa shape index (κ1) is 81.6. The summed E-state index contributed by atoms with van der Waals surface area (Å²) >= 11 is 0. The second-order valence-corrected chi connectivity index (χ2v) is 34.0. The van der Waals surface area contributed by atoms with Crippen molar-refractivity contribution in [1.29, 1.82) is 0 Å². The number of carbonyl (C=O) groups excluding carboxylic acids is 2. The number of ether oxygens (including phenoxy) is 13. The summed E-state index contributed by atoms with van der Waals surface area (Å²) in [4.78, 5) is 42.2. The van der Waals surface area contributed by atoms with Crippen LogP contribution < -0.4 is 0 Å². The van der Waals surface area contributed by atoms with Crippen molar-refractivity contribution in [1.82, 2.24) is 0 Å². The van der Waals surface area contributed by atoms with Gasteiger partial charge < -0.3 is 143 Å². The Morgan fingerprint density at radius 1 is 0.500 bits per heavy atom. The lowest BCUT2D eigenvalue weighted by atomic mass is 9.30. The number of esters is 2. The molecule has 5 aliphatic carbocycles. The van der Waals surface area contributed by atoms with Gasteiger partial charge in [0.05, 0.1) is 54.2 Å². The third kappa shape index (κ3) is 13.3. The topological polar surface area (TPSA) is 495 Å². The Labute approximate surface area is 624 Å². The molecule has 0 radical (unpaired) electrons. The molecule has 0 aromatic heterocycles. The van der Waals surface area contributed by atoms with Crippen LogP contribution in [0.1, 0.15) is 130 Å². The van der Waals surface area contributed by atoms with E-state index >= 15 is 0 Å². The number of aliphatic hydroxyl groups is 15. The third-order valence-electron chi connectivity index (χ3n) is 27.5. The van der Waals surface area contributed by atoms with Crippen molar-refractivity contribution >= 4 is 24.0 Å². The molecule has 13 rings (SSSR count). The number of fused-ring (bicyclic) bond motifs is 4.